The summed E-state index contributed by atoms with van der Waals surface area (Å²) in [5.41, 5.74) is 3.41. The molecule has 0 spiro atoms. The Labute approximate surface area is 181 Å². The zero-order chi connectivity index (χ0) is 22.0. The fraction of sp³-hybridized carbons (Fsp3) is 0.240. The number of amides is 1. The van der Waals surface area contributed by atoms with E-state index in [-0.39, 0.29) is 29.6 Å². The third-order valence-electron chi connectivity index (χ3n) is 6.05. The van der Waals surface area contributed by atoms with Gasteiger partial charge < -0.3 is 10.2 Å². The van der Waals surface area contributed by atoms with Crippen molar-refractivity contribution in [1.29, 1.82) is 0 Å². The number of nitro benzene ring substituents is 1. The highest BCUT2D eigenvalue weighted by atomic mass is 16.6. The molecule has 0 unspecified atom stereocenters. The molecule has 3 aromatic carbocycles. The zero-order valence-corrected chi connectivity index (χ0v) is 17.6. The van der Waals surface area contributed by atoms with Gasteiger partial charge in [0, 0.05) is 41.0 Å². The summed E-state index contributed by atoms with van der Waals surface area (Å²) >= 11 is 0. The third-order valence-corrected chi connectivity index (χ3v) is 6.05. The third kappa shape index (κ3) is 3.89. The molecule has 0 saturated heterocycles. The van der Waals surface area contributed by atoms with Crippen LogP contribution in [-0.2, 0) is 0 Å². The first-order valence-corrected chi connectivity index (χ1v) is 10.5. The number of non-ortho nitro benzene ring substituents is 1. The van der Waals surface area contributed by atoms with Gasteiger partial charge in [-0.05, 0) is 42.3 Å². The average Bonchev–Trinajstić information content (AvgIpc) is 2.80. The molecule has 1 heterocycles. The lowest BCUT2D eigenvalue weighted by Gasteiger charge is -2.45. The minimum absolute atomic E-state index is 0.0150. The predicted molar refractivity (Wildman–Crippen MR) is 122 cm³/mol. The van der Waals surface area contributed by atoms with E-state index >= 15 is 0 Å². The molecule has 6 heteroatoms. The van der Waals surface area contributed by atoms with Crippen molar-refractivity contribution in [2.24, 2.45) is 5.92 Å². The molecule has 1 amide bonds. The predicted octanol–water partition coefficient (Wildman–Crippen LogP) is 5.82. The summed E-state index contributed by atoms with van der Waals surface area (Å²) in [6, 6.07) is 23.9. The smallest absolute Gasteiger partial charge is 0.269 e. The molecule has 1 N–H and O–H groups in total. The minimum atomic E-state index is -0.457. The van der Waals surface area contributed by atoms with E-state index in [1.54, 1.807) is 0 Å². The Hall–Kier alpha value is -3.67. The number of para-hydroxylation sites is 2. The summed E-state index contributed by atoms with van der Waals surface area (Å²) in [7, 11) is 0. The van der Waals surface area contributed by atoms with E-state index in [2.05, 4.69) is 25.2 Å². The number of fused-ring (bicyclic) bond motifs is 1. The number of benzene rings is 3. The standard InChI is InChI=1S/C25H25N3O3/c1-3-22-17(2)24(26-19-9-5-4-6-10-19)21-11-7-8-12-23(21)27(22)25(29)18-13-15-20(16-14-18)28(30)31/h4-17,22,24,26H,3H2,1-2H3/t17-,22+,24+/m0/s1. The second kappa shape index (κ2) is 8.60. The van der Waals surface area contributed by atoms with Gasteiger partial charge in [-0.3, -0.25) is 14.9 Å². The summed E-state index contributed by atoms with van der Waals surface area (Å²) in [5.74, 6) is 0.0151. The monoisotopic (exact) mass is 415 g/mol. The van der Waals surface area contributed by atoms with Crippen LogP contribution in [0.2, 0.25) is 0 Å². The van der Waals surface area contributed by atoms with Crippen LogP contribution in [-0.4, -0.2) is 16.9 Å². The number of carbonyl (C=O) groups excluding carboxylic acids is 1. The van der Waals surface area contributed by atoms with Gasteiger partial charge in [0.25, 0.3) is 11.6 Å². The molecule has 0 aliphatic carbocycles. The van der Waals surface area contributed by atoms with E-state index in [0.29, 0.717) is 5.56 Å². The Morgan fingerprint density at radius 3 is 2.29 bits per heavy atom. The van der Waals surface area contributed by atoms with Gasteiger partial charge in [-0.2, -0.15) is 0 Å². The van der Waals surface area contributed by atoms with Crippen LogP contribution in [0.5, 0.6) is 0 Å². The van der Waals surface area contributed by atoms with Gasteiger partial charge in [0.15, 0.2) is 0 Å². The van der Waals surface area contributed by atoms with Crippen molar-refractivity contribution >= 4 is 23.0 Å². The Bertz CT molecular complexity index is 1080. The molecular weight excluding hydrogens is 390 g/mol. The van der Waals surface area contributed by atoms with Crippen LogP contribution in [0, 0.1) is 16.0 Å². The van der Waals surface area contributed by atoms with Crippen LogP contribution in [0.1, 0.15) is 42.2 Å². The summed E-state index contributed by atoms with van der Waals surface area (Å²) in [4.78, 5) is 25.9. The van der Waals surface area contributed by atoms with Crippen molar-refractivity contribution in [1.82, 2.24) is 0 Å². The first-order chi connectivity index (χ1) is 15.0. The molecule has 3 aromatic rings. The van der Waals surface area contributed by atoms with Gasteiger partial charge in [0.2, 0.25) is 0 Å². The lowest BCUT2D eigenvalue weighted by atomic mass is 9.80. The number of nitrogens with one attached hydrogen (secondary N) is 1. The normalized spacial score (nSPS) is 20.1. The maximum atomic E-state index is 13.6. The van der Waals surface area contributed by atoms with Crippen molar-refractivity contribution in [2.75, 3.05) is 10.2 Å². The summed E-state index contributed by atoms with van der Waals surface area (Å²) < 4.78 is 0. The van der Waals surface area contributed by atoms with Gasteiger partial charge >= 0.3 is 0 Å². The van der Waals surface area contributed by atoms with E-state index in [9.17, 15) is 14.9 Å². The topological polar surface area (TPSA) is 75.5 Å². The molecule has 0 aromatic heterocycles. The SMILES string of the molecule is CC[C@@H]1[C@H](C)[C@@H](Nc2ccccc2)c2ccccc2N1C(=O)c1ccc([N+](=O)[O-])cc1. The summed E-state index contributed by atoms with van der Waals surface area (Å²) in [6.07, 6.45) is 0.793. The summed E-state index contributed by atoms with van der Waals surface area (Å²) in [5, 5.41) is 14.6. The number of nitro groups is 1. The molecule has 158 valence electrons. The fourth-order valence-corrected chi connectivity index (χ4v) is 4.49. The number of hydrogen-bond acceptors (Lipinski definition) is 4. The Morgan fingerprint density at radius 2 is 1.65 bits per heavy atom. The first-order valence-electron chi connectivity index (χ1n) is 10.5. The molecule has 0 radical (unpaired) electrons. The van der Waals surface area contributed by atoms with E-state index in [1.165, 1.54) is 24.3 Å². The quantitative estimate of drug-likeness (QED) is 0.421. The minimum Gasteiger partial charge on any atom is -0.378 e. The molecular formula is C25H25N3O3. The number of carbonyl (C=O) groups is 1. The second-order valence-corrected chi connectivity index (χ2v) is 7.86. The molecule has 0 bridgehead atoms. The van der Waals surface area contributed by atoms with Gasteiger partial charge in [-0.1, -0.05) is 50.2 Å². The van der Waals surface area contributed by atoms with Crippen molar-refractivity contribution in [3.63, 3.8) is 0 Å². The maximum Gasteiger partial charge on any atom is 0.269 e. The fourth-order valence-electron chi connectivity index (χ4n) is 4.49. The number of hydrogen-bond donors (Lipinski definition) is 1. The number of rotatable bonds is 5. The van der Waals surface area contributed by atoms with Gasteiger partial charge in [0.1, 0.15) is 0 Å². The maximum absolute atomic E-state index is 13.6. The lowest BCUT2D eigenvalue weighted by Crippen LogP contribution is -2.50. The zero-order valence-electron chi connectivity index (χ0n) is 17.6. The average molecular weight is 415 g/mol. The van der Waals surface area contributed by atoms with Crippen molar-refractivity contribution in [3.05, 3.63) is 100 Å². The molecule has 1 aliphatic rings. The highest BCUT2D eigenvalue weighted by Gasteiger charge is 2.40. The Morgan fingerprint density at radius 1 is 1.00 bits per heavy atom. The molecule has 0 saturated carbocycles. The molecule has 3 atom stereocenters. The molecule has 1 aliphatic heterocycles. The molecule has 31 heavy (non-hydrogen) atoms. The van der Waals surface area contributed by atoms with Crippen LogP contribution in [0.15, 0.2) is 78.9 Å². The van der Waals surface area contributed by atoms with Crippen molar-refractivity contribution in [2.45, 2.75) is 32.4 Å². The van der Waals surface area contributed by atoms with Crippen molar-refractivity contribution in [3.8, 4) is 0 Å². The molecule has 4 rings (SSSR count). The van der Waals surface area contributed by atoms with Gasteiger partial charge in [0.05, 0.1) is 11.0 Å². The molecule has 6 nitrogen and oxygen atoms in total. The highest BCUT2D eigenvalue weighted by molar-refractivity contribution is 6.07. The number of anilines is 2. The van der Waals surface area contributed by atoms with Crippen LogP contribution in [0.4, 0.5) is 17.1 Å². The van der Waals surface area contributed by atoms with Crippen LogP contribution in [0.3, 0.4) is 0 Å². The lowest BCUT2D eigenvalue weighted by molar-refractivity contribution is -0.384. The summed E-state index contributed by atoms with van der Waals surface area (Å²) in [6.45, 7) is 4.26. The van der Waals surface area contributed by atoms with Gasteiger partial charge in [-0.25, -0.2) is 0 Å². The van der Waals surface area contributed by atoms with Crippen LogP contribution < -0.4 is 10.2 Å². The van der Waals surface area contributed by atoms with Gasteiger partial charge in [-0.15, -0.1) is 0 Å². The van der Waals surface area contributed by atoms with Crippen LogP contribution in [0.25, 0.3) is 0 Å². The number of nitrogens with zero attached hydrogens (tertiary/aromatic N) is 2. The van der Waals surface area contributed by atoms with E-state index in [0.717, 1.165) is 23.4 Å². The van der Waals surface area contributed by atoms with Crippen molar-refractivity contribution < 1.29 is 9.72 Å². The molecule has 0 fully saturated rings. The largest absolute Gasteiger partial charge is 0.378 e. The van der Waals surface area contributed by atoms with E-state index in [1.807, 2.05) is 53.4 Å². The first kappa shape index (κ1) is 20.6. The Balaban J connectivity index is 1.74. The van der Waals surface area contributed by atoms with E-state index in [4.69, 9.17) is 0 Å². The van der Waals surface area contributed by atoms with E-state index < -0.39 is 4.92 Å². The Kier molecular flexibility index (Phi) is 5.71. The highest BCUT2D eigenvalue weighted by Crippen LogP contribution is 2.44. The second-order valence-electron chi connectivity index (χ2n) is 7.86. The van der Waals surface area contributed by atoms with Crippen LogP contribution >= 0.6 is 0 Å².